The molecule has 2 nitrogen and oxygen atoms in total. The molecule has 2 saturated carbocycles. The Morgan fingerprint density at radius 3 is 2.71 bits per heavy atom. The lowest BCUT2D eigenvalue weighted by atomic mass is 9.83. The molecule has 1 amide bonds. The number of carbonyl (C=O) groups excluding carboxylic acids is 1. The van der Waals surface area contributed by atoms with E-state index in [1.807, 2.05) is 30.3 Å². The smallest absolute Gasteiger partial charge is 0.231 e. The van der Waals surface area contributed by atoms with E-state index in [4.69, 9.17) is 0 Å². The quantitative estimate of drug-likeness (QED) is 0.830. The molecule has 0 unspecified atom stereocenters. The van der Waals surface area contributed by atoms with Gasteiger partial charge in [0.15, 0.2) is 0 Å². The van der Waals surface area contributed by atoms with Crippen LogP contribution in [0.2, 0.25) is 0 Å². The zero-order chi connectivity index (χ0) is 11.9. The highest BCUT2D eigenvalue weighted by molar-refractivity contribution is 9.09. The number of benzene rings is 1. The fourth-order valence-electron chi connectivity index (χ4n) is 3.31. The van der Waals surface area contributed by atoms with Gasteiger partial charge in [0.1, 0.15) is 0 Å². The third-order valence-corrected chi connectivity index (χ3v) is 5.53. The highest BCUT2D eigenvalue weighted by Crippen LogP contribution is 2.57. The molecule has 0 heterocycles. The Labute approximate surface area is 110 Å². The van der Waals surface area contributed by atoms with Gasteiger partial charge in [-0.25, -0.2) is 0 Å². The number of hydrogen-bond donors (Lipinski definition) is 1. The minimum atomic E-state index is -0.152. The maximum atomic E-state index is 12.5. The number of carbonyl (C=O) groups is 1. The molecule has 2 bridgehead atoms. The molecule has 3 atom stereocenters. The van der Waals surface area contributed by atoms with Crippen molar-refractivity contribution in [1.29, 1.82) is 0 Å². The number of para-hydroxylation sites is 1. The van der Waals surface area contributed by atoms with Crippen molar-refractivity contribution in [2.75, 3.05) is 5.32 Å². The van der Waals surface area contributed by atoms with Crippen molar-refractivity contribution in [2.24, 2.45) is 11.3 Å². The zero-order valence-electron chi connectivity index (χ0n) is 9.66. The monoisotopic (exact) mass is 293 g/mol. The average molecular weight is 294 g/mol. The Bertz CT molecular complexity index is 433. The van der Waals surface area contributed by atoms with E-state index < -0.39 is 0 Å². The van der Waals surface area contributed by atoms with Crippen LogP contribution in [0.15, 0.2) is 30.3 Å². The van der Waals surface area contributed by atoms with E-state index in [9.17, 15) is 4.79 Å². The molecule has 17 heavy (non-hydrogen) atoms. The van der Waals surface area contributed by atoms with Gasteiger partial charge in [0.2, 0.25) is 5.91 Å². The molecule has 2 aliphatic carbocycles. The molecule has 2 fully saturated rings. The number of anilines is 1. The second kappa shape index (κ2) is 4.13. The number of rotatable bonds is 2. The SMILES string of the molecule is O=C(Nc1ccccc1)[C@]12CC[C@@H](C[C@@H]1Br)C2. The van der Waals surface area contributed by atoms with Crippen LogP contribution in [0, 0.1) is 11.3 Å². The summed E-state index contributed by atoms with van der Waals surface area (Å²) in [5.74, 6) is 0.950. The van der Waals surface area contributed by atoms with Gasteiger partial charge in [0.25, 0.3) is 0 Å². The Balaban J connectivity index is 1.79. The largest absolute Gasteiger partial charge is 0.326 e. The summed E-state index contributed by atoms with van der Waals surface area (Å²) in [5.41, 5.74) is 0.752. The van der Waals surface area contributed by atoms with Crippen LogP contribution in [-0.4, -0.2) is 10.7 Å². The van der Waals surface area contributed by atoms with Crippen molar-refractivity contribution in [3.05, 3.63) is 30.3 Å². The van der Waals surface area contributed by atoms with E-state index in [1.54, 1.807) is 0 Å². The van der Waals surface area contributed by atoms with E-state index in [2.05, 4.69) is 21.2 Å². The minimum Gasteiger partial charge on any atom is -0.326 e. The van der Waals surface area contributed by atoms with Gasteiger partial charge in [-0.15, -0.1) is 0 Å². The molecule has 90 valence electrons. The molecule has 0 saturated heterocycles. The van der Waals surface area contributed by atoms with E-state index in [0.717, 1.165) is 30.9 Å². The molecular weight excluding hydrogens is 278 g/mol. The lowest BCUT2D eigenvalue weighted by Gasteiger charge is -2.30. The van der Waals surface area contributed by atoms with Crippen LogP contribution in [0.25, 0.3) is 0 Å². The maximum Gasteiger partial charge on any atom is 0.231 e. The summed E-state index contributed by atoms with van der Waals surface area (Å²) < 4.78 is 0. The molecule has 3 rings (SSSR count). The van der Waals surface area contributed by atoms with Gasteiger partial charge in [-0.2, -0.15) is 0 Å². The van der Waals surface area contributed by atoms with Crippen molar-refractivity contribution < 1.29 is 4.79 Å². The Kier molecular flexibility index (Phi) is 2.74. The maximum absolute atomic E-state index is 12.5. The average Bonchev–Trinajstić information content (AvgIpc) is 2.88. The summed E-state index contributed by atoms with van der Waals surface area (Å²) in [5, 5.41) is 3.06. The number of hydrogen-bond acceptors (Lipinski definition) is 1. The van der Waals surface area contributed by atoms with Crippen molar-refractivity contribution >= 4 is 27.5 Å². The Hall–Kier alpha value is -0.830. The summed E-state index contributed by atoms with van der Waals surface area (Å²) in [6, 6.07) is 9.75. The second-order valence-corrected chi connectivity index (χ2v) is 6.39. The summed E-state index contributed by atoms with van der Waals surface area (Å²) in [6.45, 7) is 0. The highest BCUT2D eigenvalue weighted by Gasteiger charge is 2.55. The molecule has 1 aromatic rings. The molecule has 0 aromatic heterocycles. The lowest BCUT2D eigenvalue weighted by Crippen LogP contribution is -2.39. The van der Waals surface area contributed by atoms with E-state index in [0.29, 0.717) is 4.83 Å². The Morgan fingerprint density at radius 1 is 1.35 bits per heavy atom. The van der Waals surface area contributed by atoms with Crippen LogP contribution in [0.1, 0.15) is 25.7 Å². The second-order valence-electron chi connectivity index (χ2n) is 5.29. The molecule has 1 N–H and O–H groups in total. The molecule has 0 spiro atoms. The fraction of sp³-hybridized carbons (Fsp3) is 0.500. The minimum absolute atomic E-state index is 0.152. The van der Waals surface area contributed by atoms with Crippen LogP contribution in [0.4, 0.5) is 5.69 Å². The van der Waals surface area contributed by atoms with Crippen molar-refractivity contribution in [3.63, 3.8) is 0 Å². The van der Waals surface area contributed by atoms with Crippen LogP contribution in [0.3, 0.4) is 0 Å². The first-order chi connectivity index (χ1) is 8.21. The lowest BCUT2D eigenvalue weighted by molar-refractivity contribution is -0.124. The Morgan fingerprint density at radius 2 is 2.12 bits per heavy atom. The number of amides is 1. The van der Waals surface area contributed by atoms with Crippen LogP contribution in [0.5, 0.6) is 0 Å². The van der Waals surface area contributed by atoms with Gasteiger partial charge < -0.3 is 5.32 Å². The van der Waals surface area contributed by atoms with Gasteiger partial charge in [-0.05, 0) is 43.7 Å². The van der Waals surface area contributed by atoms with E-state index >= 15 is 0 Å². The van der Waals surface area contributed by atoms with Crippen molar-refractivity contribution in [2.45, 2.75) is 30.5 Å². The standard InChI is InChI=1S/C14H16BrNO/c15-12-8-10-6-7-14(12,9-10)13(17)16-11-4-2-1-3-5-11/h1-5,10,12H,6-9H2,(H,16,17)/t10-,12-,14-/m0/s1. The normalized spacial score (nSPS) is 34.9. The third-order valence-electron chi connectivity index (χ3n) is 4.28. The number of halogens is 1. The number of alkyl halides is 1. The van der Waals surface area contributed by atoms with Crippen LogP contribution >= 0.6 is 15.9 Å². The van der Waals surface area contributed by atoms with Crippen molar-refractivity contribution in [1.82, 2.24) is 0 Å². The number of nitrogens with one attached hydrogen (secondary N) is 1. The first-order valence-corrected chi connectivity index (χ1v) is 7.13. The van der Waals surface area contributed by atoms with Gasteiger partial charge in [-0.3, -0.25) is 4.79 Å². The summed E-state index contributed by atoms with van der Waals surface area (Å²) >= 11 is 3.71. The predicted octanol–water partition coefficient (Wildman–Crippen LogP) is 3.58. The molecule has 2 aliphatic rings. The first-order valence-electron chi connectivity index (χ1n) is 6.21. The molecule has 1 aromatic carbocycles. The van der Waals surface area contributed by atoms with Gasteiger partial charge in [-0.1, -0.05) is 34.1 Å². The predicted molar refractivity (Wildman–Crippen MR) is 72.2 cm³/mol. The highest BCUT2D eigenvalue weighted by atomic mass is 79.9. The molecule has 0 aliphatic heterocycles. The summed E-state index contributed by atoms with van der Waals surface area (Å²) in [7, 11) is 0. The fourth-order valence-corrected chi connectivity index (χ4v) is 4.46. The van der Waals surface area contributed by atoms with E-state index in [1.165, 1.54) is 6.42 Å². The topological polar surface area (TPSA) is 29.1 Å². The van der Waals surface area contributed by atoms with Gasteiger partial charge in [0, 0.05) is 10.5 Å². The molecule has 0 radical (unpaired) electrons. The molecular formula is C14H16BrNO. The third kappa shape index (κ3) is 1.81. The number of fused-ring (bicyclic) bond motifs is 2. The zero-order valence-corrected chi connectivity index (χ0v) is 11.2. The summed E-state index contributed by atoms with van der Waals surface area (Å²) in [4.78, 5) is 12.8. The van der Waals surface area contributed by atoms with Crippen molar-refractivity contribution in [3.8, 4) is 0 Å². The van der Waals surface area contributed by atoms with Crippen LogP contribution < -0.4 is 5.32 Å². The summed E-state index contributed by atoms with van der Waals surface area (Å²) in [6.07, 6.45) is 4.46. The van der Waals surface area contributed by atoms with Gasteiger partial charge in [0.05, 0.1) is 5.41 Å². The first kappa shape index (κ1) is 11.3. The molecule has 3 heteroatoms. The van der Waals surface area contributed by atoms with Crippen LogP contribution in [-0.2, 0) is 4.79 Å². The van der Waals surface area contributed by atoms with E-state index in [-0.39, 0.29) is 11.3 Å². The van der Waals surface area contributed by atoms with Gasteiger partial charge >= 0.3 is 0 Å².